The lowest BCUT2D eigenvalue weighted by molar-refractivity contribution is 0.367. The number of hydrogen-bond acceptors (Lipinski definition) is 5. The topological polar surface area (TPSA) is 76.9 Å². The summed E-state index contributed by atoms with van der Waals surface area (Å²) in [5.74, 6) is 1.37. The molecule has 6 nitrogen and oxygen atoms in total. The van der Waals surface area contributed by atoms with E-state index in [4.69, 9.17) is 11.6 Å². The van der Waals surface area contributed by atoms with E-state index in [1.54, 1.807) is 18.2 Å². The predicted molar refractivity (Wildman–Crippen MR) is 104 cm³/mol. The maximum atomic E-state index is 12.9. The summed E-state index contributed by atoms with van der Waals surface area (Å²) in [6, 6.07) is 6.16. The van der Waals surface area contributed by atoms with Crippen LogP contribution in [0, 0.1) is 0 Å². The summed E-state index contributed by atoms with van der Waals surface area (Å²) in [7, 11) is -1.83. The van der Waals surface area contributed by atoms with Crippen LogP contribution < -0.4 is 4.72 Å². The van der Waals surface area contributed by atoms with Gasteiger partial charge in [0.2, 0.25) is 10.0 Å². The molecule has 1 aliphatic carbocycles. The Labute approximate surface area is 163 Å². The second kappa shape index (κ2) is 7.72. The number of nitrogens with zero attached hydrogens (tertiary/aromatic N) is 3. The third-order valence-electron chi connectivity index (χ3n) is 4.50. The van der Waals surface area contributed by atoms with Gasteiger partial charge in [-0.15, -0.1) is 16.8 Å². The Morgan fingerprint density at radius 2 is 1.96 bits per heavy atom. The largest absolute Gasteiger partial charge is 0.308 e. The molecule has 1 aromatic carbocycles. The van der Waals surface area contributed by atoms with Gasteiger partial charge >= 0.3 is 0 Å². The van der Waals surface area contributed by atoms with Gasteiger partial charge in [0.25, 0.3) is 0 Å². The van der Waals surface area contributed by atoms with E-state index in [0.29, 0.717) is 23.7 Å². The smallest absolute Gasteiger partial charge is 0.241 e. The van der Waals surface area contributed by atoms with Gasteiger partial charge in [0.15, 0.2) is 11.0 Å². The van der Waals surface area contributed by atoms with Crippen LogP contribution in [0.2, 0.25) is 5.02 Å². The van der Waals surface area contributed by atoms with E-state index >= 15 is 0 Å². The summed E-state index contributed by atoms with van der Waals surface area (Å²) >= 11 is 7.40. The average Bonchev–Trinajstić information content (AvgIpc) is 3.20. The summed E-state index contributed by atoms with van der Waals surface area (Å²) < 4.78 is 30.7. The quantitative estimate of drug-likeness (QED) is 0.556. The highest BCUT2D eigenvalue weighted by molar-refractivity contribution is 7.99. The molecule has 0 radical (unpaired) electrons. The minimum absolute atomic E-state index is 0.191. The molecular formula is C17H21ClN4O2S2. The van der Waals surface area contributed by atoms with Crippen molar-refractivity contribution in [1.29, 1.82) is 0 Å². The normalized spacial score (nSPS) is 16.7. The monoisotopic (exact) mass is 412 g/mol. The van der Waals surface area contributed by atoms with Crippen LogP contribution in [0.5, 0.6) is 0 Å². The van der Waals surface area contributed by atoms with Gasteiger partial charge in [0, 0.05) is 17.8 Å². The molecule has 3 rings (SSSR count). The number of hydrogen-bond donors (Lipinski definition) is 1. The molecule has 2 aromatic rings. The van der Waals surface area contributed by atoms with Gasteiger partial charge in [-0.3, -0.25) is 0 Å². The zero-order valence-corrected chi connectivity index (χ0v) is 16.9. The van der Waals surface area contributed by atoms with E-state index in [-0.39, 0.29) is 4.90 Å². The second-order valence-electron chi connectivity index (χ2n) is 6.31. The van der Waals surface area contributed by atoms with Crippen LogP contribution in [0.3, 0.4) is 0 Å². The fourth-order valence-corrected chi connectivity index (χ4v) is 5.46. The Kier molecular flexibility index (Phi) is 5.76. The molecule has 0 atom stereocenters. The number of benzene rings is 1. The minimum atomic E-state index is -3.70. The summed E-state index contributed by atoms with van der Waals surface area (Å²) in [6.45, 7) is 3.71. The molecule has 1 N–H and O–H groups in total. The summed E-state index contributed by atoms with van der Waals surface area (Å²) in [5, 5.41) is 9.80. The molecule has 140 valence electrons. The number of halogens is 1. The van der Waals surface area contributed by atoms with Gasteiger partial charge in [-0.25, -0.2) is 8.42 Å². The van der Waals surface area contributed by atoms with E-state index in [0.717, 1.165) is 23.8 Å². The molecule has 1 saturated carbocycles. The summed E-state index contributed by atoms with van der Waals surface area (Å²) in [4.78, 5) is 0.191. The molecule has 1 fully saturated rings. The van der Waals surface area contributed by atoms with Crippen LogP contribution in [0.25, 0.3) is 0 Å². The first-order chi connectivity index (χ1) is 12.4. The second-order valence-corrected chi connectivity index (χ2v) is 9.42. The first kappa shape index (κ1) is 19.4. The SMILES string of the molecule is C=CCSc1nnc(C2(NS(=O)(=O)c3ccc(Cl)cc3)CCCC2)n1C. The lowest BCUT2D eigenvalue weighted by atomic mass is 9.98. The predicted octanol–water partition coefficient (Wildman–Crippen LogP) is 3.49. The van der Waals surface area contributed by atoms with Crippen molar-refractivity contribution >= 4 is 33.4 Å². The first-order valence-electron chi connectivity index (χ1n) is 8.31. The number of sulfonamides is 1. The highest BCUT2D eigenvalue weighted by Crippen LogP contribution is 2.39. The van der Waals surface area contributed by atoms with Gasteiger partial charge in [-0.2, -0.15) is 4.72 Å². The molecular weight excluding hydrogens is 392 g/mol. The Bertz CT molecular complexity index is 888. The van der Waals surface area contributed by atoms with Gasteiger partial charge in [0.05, 0.1) is 10.4 Å². The van der Waals surface area contributed by atoms with Crippen LogP contribution in [0.4, 0.5) is 0 Å². The Morgan fingerprint density at radius 1 is 1.31 bits per heavy atom. The van der Waals surface area contributed by atoms with Gasteiger partial charge in [-0.1, -0.05) is 42.3 Å². The standard InChI is InChI=1S/C17H21ClN4O2S2/c1-3-12-25-16-20-19-15(22(16)2)17(10-4-5-11-17)21-26(23,24)14-8-6-13(18)7-9-14/h3,6-9,21H,1,4-5,10-12H2,2H3. The molecule has 0 bridgehead atoms. The zero-order valence-electron chi connectivity index (χ0n) is 14.5. The summed E-state index contributed by atoms with van der Waals surface area (Å²) in [6.07, 6.45) is 5.06. The van der Waals surface area contributed by atoms with Crippen molar-refractivity contribution in [3.63, 3.8) is 0 Å². The Hall–Kier alpha value is -1.35. The van der Waals surface area contributed by atoms with E-state index < -0.39 is 15.6 Å². The molecule has 1 heterocycles. The van der Waals surface area contributed by atoms with E-state index in [9.17, 15) is 8.42 Å². The molecule has 0 spiro atoms. The van der Waals surface area contributed by atoms with E-state index in [1.165, 1.54) is 23.9 Å². The zero-order chi connectivity index (χ0) is 18.8. The molecule has 26 heavy (non-hydrogen) atoms. The lowest BCUT2D eigenvalue weighted by Gasteiger charge is -2.29. The average molecular weight is 413 g/mol. The number of thioether (sulfide) groups is 1. The fourth-order valence-electron chi connectivity index (χ4n) is 3.27. The molecule has 9 heteroatoms. The van der Waals surface area contributed by atoms with Crippen LogP contribution in [0.15, 0.2) is 47.0 Å². The van der Waals surface area contributed by atoms with Crippen LogP contribution in [-0.4, -0.2) is 28.9 Å². The number of rotatable bonds is 7. The highest BCUT2D eigenvalue weighted by atomic mass is 35.5. The summed E-state index contributed by atoms with van der Waals surface area (Å²) in [5.41, 5.74) is -0.743. The third kappa shape index (κ3) is 3.83. The third-order valence-corrected chi connectivity index (χ3v) is 7.32. The van der Waals surface area contributed by atoms with Gasteiger partial charge in [0.1, 0.15) is 0 Å². The van der Waals surface area contributed by atoms with E-state index in [1.807, 2.05) is 11.6 Å². The molecule has 0 amide bonds. The van der Waals surface area contributed by atoms with Crippen molar-refractivity contribution in [2.24, 2.45) is 7.05 Å². The van der Waals surface area contributed by atoms with Crippen molar-refractivity contribution < 1.29 is 8.42 Å². The maximum absolute atomic E-state index is 12.9. The molecule has 0 saturated heterocycles. The fraction of sp³-hybridized carbons (Fsp3) is 0.412. The molecule has 1 aromatic heterocycles. The first-order valence-corrected chi connectivity index (χ1v) is 11.2. The lowest BCUT2D eigenvalue weighted by Crippen LogP contribution is -2.45. The van der Waals surface area contributed by atoms with Crippen LogP contribution >= 0.6 is 23.4 Å². The van der Waals surface area contributed by atoms with Gasteiger partial charge < -0.3 is 4.57 Å². The van der Waals surface area contributed by atoms with E-state index in [2.05, 4.69) is 21.5 Å². The Balaban J connectivity index is 1.95. The molecule has 0 aliphatic heterocycles. The molecule has 1 aliphatic rings. The van der Waals surface area contributed by atoms with Crippen molar-refractivity contribution in [3.8, 4) is 0 Å². The van der Waals surface area contributed by atoms with Crippen molar-refractivity contribution in [2.75, 3.05) is 5.75 Å². The van der Waals surface area contributed by atoms with Crippen molar-refractivity contribution in [3.05, 3.63) is 47.8 Å². The minimum Gasteiger partial charge on any atom is -0.308 e. The number of aromatic nitrogens is 3. The van der Waals surface area contributed by atoms with Gasteiger partial charge in [-0.05, 0) is 37.1 Å². The van der Waals surface area contributed by atoms with Crippen molar-refractivity contribution in [1.82, 2.24) is 19.5 Å². The maximum Gasteiger partial charge on any atom is 0.241 e. The highest BCUT2D eigenvalue weighted by Gasteiger charge is 2.43. The van der Waals surface area contributed by atoms with Crippen molar-refractivity contribution in [2.45, 2.75) is 41.3 Å². The van der Waals surface area contributed by atoms with Crippen LogP contribution in [0.1, 0.15) is 31.5 Å². The number of nitrogens with one attached hydrogen (secondary N) is 1. The van der Waals surface area contributed by atoms with Crippen LogP contribution in [-0.2, 0) is 22.6 Å². The molecule has 0 unspecified atom stereocenters. The Morgan fingerprint density at radius 3 is 2.58 bits per heavy atom.